The maximum absolute atomic E-state index is 12.5. The lowest BCUT2D eigenvalue weighted by atomic mass is 10.0. The van der Waals surface area contributed by atoms with E-state index in [4.69, 9.17) is 21.1 Å². The van der Waals surface area contributed by atoms with Gasteiger partial charge in [0.2, 0.25) is 0 Å². The molecule has 5 nitrogen and oxygen atoms in total. The molecule has 0 spiro atoms. The molecule has 1 N–H and O–H groups in total. The van der Waals surface area contributed by atoms with Crippen molar-refractivity contribution in [1.29, 1.82) is 0 Å². The summed E-state index contributed by atoms with van der Waals surface area (Å²) in [5.74, 6) is 1.30. The quantitative estimate of drug-likeness (QED) is 0.645. The van der Waals surface area contributed by atoms with Gasteiger partial charge in [-0.05, 0) is 54.1 Å². The molecule has 4 rings (SSSR count). The number of cyclic esters (lactones) is 1. The van der Waals surface area contributed by atoms with Crippen molar-refractivity contribution in [2.45, 2.75) is 12.1 Å². The molecule has 3 aromatic rings. The number of amides is 1. The molecule has 0 aromatic heterocycles. The van der Waals surface area contributed by atoms with Gasteiger partial charge in [0, 0.05) is 10.7 Å². The first-order valence-electron chi connectivity index (χ1n) is 8.85. The number of carbonyl (C=O) groups is 1. The lowest BCUT2D eigenvalue weighted by Crippen LogP contribution is -2.30. The third kappa shape index (κ3) is 3.67. The molecule has 0 saturated carbocycles. The second-order valence-electron chi connectivity index (χ2n) is 6.38. The highest BCUT2D eigenvalue weighted by Crippen LogP contribution is 2.38. The van der Waals surface area contributed by atoms with Crippen LogP contribution in [0.2, 0.25) is 5.02 Å². The number of carbonyl (C=O) groups excluding carboxylic acids is 1. The molecule has 28 heavy (non-hydrogen) atoms. The number of nitrogens with zero attached hydrogens (tertiary/aromatic N) is 1. The Morgan fingerprint density at radius 3 is 2.14 bits per heavy atom. The fraction of sp³-hybridized carbons (Fsp3) is 0.136. The van der Waals surface area contributed by atoms with Crippen LogP contribution in [0, 0.1) is 0 Å². The fourth-order valence-electron chi connectivity index (χ4n) is 3.26. The van der Waals surface area contributed by atoms with Gasteiger partial charge in [-0.2, -0.15) is 0 Å². The minimum absolute atomic E-state index is 0.250. The van der Waals surface area contributed by atoms with Crippen LogP contribution in [0.5, 0.6) is 11.5 Å². The first-order valence-corrected chi connectivity index (χ1v) is 9.22. The van der Waals surface area contributed by atoms with Crippen molar-refractivity contribution < 1.29 is 19.4 Å². The average Bonchev–Trinajstić information content (AvgIpc) is 3.07. The molecule has 1 aliphatic rings. The van der Waals surface area contributed by atoms with Crippen molar-refractivity contribution in [2.75, 3.05) is 11.5 Å². The molecule has 0 bridgehead atoms. The SMILES string of the molecule is O=C1O[C@H](CO)[C@H](c2ccccc2)N1c1ccc(Oc2ccc(Cl)cc2)cc1. The van der Waals surface area contributed by atoms with Gasteiger partial charge in [0.25, 0.3) is 0 Å². The average molecular weight is 396 g/mol. The van der Waals surface area contributed by atoms with Gasteiger partial charge >= 0.3 is 6.09 Å². The van der Waals surface area contributed by atoms with Gasteiger partial charge in [0.15, 0.2) is 6.10 Å². The molecule has 2 atom stereocenters. The smallest absolute Gasteiger partial charge is 0.415 e. The van der Waals surface area contributed by atoms with Crippen LogP contribution in [0.25, 0.3) is 0 Å². The third-order valence-corrected chi connectivity index (χ3v) is 4.82. The molecule has 1 aliphatic heterocycles. The zero-order valence-electron chi connectivity index (χ0n) is 14.9. The number of benzene rings is 3. The number of halogens is 1. The van der Waals surface area contributed by atoms with Crippen LogP contribution in [0.1, 0.15) is 11.6 Å². The maximum Gasteiger partial charge on any atom is 0.415 e. The molecule has 142 valence electrons. The Labute approximate surface area is 167 Å². The summed E-state index contributed by atoms with van der Waals surface area (Å²) in [6.07, 6.45) is -1.11. The monoisotopic (exact) mass is 395 g/mol. The minimum Gasteiger partial charge on any atom is -0.457 e. The van der Waals surface area contributed by atoms with Crippen LogP contribution < -0.4 is 9.64 Å². The highest BCUT2D eigenvalue weighted by atomic mass is 35.5. The normalized spacial score (nSPS) is 18.8. The molecule has 1 amide bonds. The lowest BCUT2D eigenvalue weighted by molar-refractivity contribution is 0.0829. The van der Waals surface area contributed by atoms with Gasteiger partial charge < -0.3 is 14.6 Å². The highest BCUT2D eigenvalue weighted by Gasteiger charge is 2.43. The van der Waals surface area contributed by atoms with Gasteiger partial charge in [-0.3, -0.25) is 4.90 Å². The number of aliphatic hydroxyl groups is 1. The summed E-state index contributed by atoms with van der Waals surface area (Å²) in [6, 6.07) is 23.4. The van der Waals surface area contributed by atoms with E-state index in [1.165, 1.54) is 0 Å². The zero-order chi connectivity index (χ0) is 19.5. The predicted molar refractivity (Wildman–Crippen MR) is 107 cm³/mol. The molecule has 1 saturated heterocycles. The molecule has 0 unspecified atom stereocenters. The van der Waals surface area contributed by atoms with Crippen LogP contribution >= 0.6 is 11.6 Å². The summed E-state index contributed by atoms with van der Waals surface area (Å²) in [5, 5.41) is 10.3. The number of aliphatic hydroxyl groups excluding tert-OH is 1. The molecular weight excluding hydrogens is 378 g/mol. The van der Waals surface area contributed by atoms with Crippen molar-refractivity contribution in [2.24, 2.45) is 0 Å². The van der Waals surface area contributed by atoms with Crippen LogP contribution in [-0.4, -0.2) is 23.9 Å². The summed E-state index contributed by atoms with van der Waals surface area (Å²) in [5.41, 5.74) is 1.56. The van der Waals surface area contributed by atoms with Crippen LogP contribution in [0.15, 0.2) is 78.9 Å². The predicted octanol–water partition coefficient (Wildman–Crippen LogP) is 5.19. The Balaban J connectivity index is 1.59. The fourth-order valence-corrected chi connectivity index (χ4v) is 3.39. The molecule has 1 heterocycles. The summed E-state index contributed by atoms with van der Waals surface area (Å²) in [7, 11) is 0. The second-order valence-corrected chi connectivity index (χ2v) is 6.82. The zero-order valence-corrected chi connectivity index (χ0v) is 15.6. The Hall–Kier alpha value is -3.02. The maximum atomic E-state index is 12.5. The van der Waals surface area contributed by atoms with E-state index < -0.39 is 18.2 Å². The number of anilines is 1. The molecule has 6 heteroatoms. The summed E-state index contributed by atoms with van der Waals surface area (Å²) in [6.45, 7) is -0.250. The lowest BCUT2D eigenvalue weighted by Gasteiger charge is -2.24. The number of hydrogen-bond acceptors (Lipinski definition) is 4. The van der Waals surface area contributed by atoms with Crippen LogP contribution in [-0.2, 0) is 4.74 Å². The molecular formula is C22H18ClNO4. The van der Waals surface area contributed by atoms with Gasteiger partial charge in [-0.1, -0.05) is 41.9 Å². The Morgan fingerprint density at radius 1 is 0.929 bits per heavy atom. The molecule has 0 aliphatic carbocycles. The van der Waals surface area contributed by atoms with E-state index in [-0.39, 0.29) is 6.61 Å². The number of ether oxygens (including phenoxy) is 2. The van der Waals surface area contributed by atoms with Gasteiger partial charge in [-0.15, -0.1) is 0 Å². The minimum atomic E-state index is -0.625. The van der Waals surface area contributed by atoms with Crippen molar-refractivity contribution in [3.63, 3.8) is 0 Å². The Morgan fingerprint density at radius 2 is 1.54 bits per heavy atom. The topological polar surface area (TPSA) is 59.0 Å². The Kier molecular flexibility index (Phi) is 5.19. The summed E-state index contributed by atoms with van der Waals surface area (Å²) >= 11 is 5.89. The van der Waals surface area contributed by atoms with E-state index in [2.05, 4.69) is 0 Å². The standard InChI is InChI=1S/C22H18ClNO4/c23-16-6-10-18(11-7-16)27-19-12-8-17(9-13-19)24-21(15-4-2-1-3-5-15)20(14-25)28-22(24)26/h1-13,20-21,25H,14H2/t20-,21+/m1/s1. The van der Waals surface area contributed by atoms with E-state index in [0.29, 0.717) is 22.2 Å². The second kappa shape index (κ2) is 7.92. The summed E-state index contributed by atoms with van der Waals surface area (Å²) in [4.78, 5) is 14.0. The van der Waals surface area contributed by atoms with Gasteiger partial charge in [0.05, 0.1) is 6.61 Å². The Bertz CT molecular complexity index is 945. The van der Waals surface area contributed by atoms with Crippen LogP contribution in [0.3, 0.4) is 0 Å². The van der Waals surface area contributed by atoms with Crippen molar-refractivity contribution in [3.05, 3.63) is 89.4 Å². The van der Waals surface area contributed by atoms with Gasteiger partial charge in [0.1, 0.15) is 17.5 Å². The molecule has 3 aromatic carbocycles. The van der Waals surface area contributed by atoms with Crippen molar-refractivity contribution in [1.82, 2.24) is 0 Å². The summed E-state index contributed by atoms with van der Waals surface area (Å²) < 4.78 is 11.2. The van der Waals surface area contributed by atoms with E-state index in [9.17, 15) is 9.90 Å². The number of rotatable bonds is 5. The largest absolute Gasteiger partial charge is 0.457 e. The number of hydrogen-bond donors (Lipinski definition) is 1. The van der Waals surface area contributed by atoms with E-state index >= 15 is 0 Å². The highest BCUT2D eigenvalue weighted by molar-refractivity contribution is 6.30. The first kappa shape index (κ1) is 18.3. The molecule has 0 radical (unpaired) electrons. The molecule has 1 fully saturated rings. The first-order chi connectivity index (χ1) is 13.7. The van der Waals surface area contributed by atoms with E-state index in [1.54, 1.807) is 53.4 Å². The third-order valence-electron chi connectivity index (χ3n) is 4.56. The van der Waals surface area contributed by atoms with E-state index in [0.717, 1.165) is 5.56 Å². The van der Waals surface area contributed by atoms with Crippen molar-refractivity contribution in [3.8, 4) is 11.5 Å². The van der Waals surface area contributed by atoms with Gasteiger partial charge in [-0.25, -0.2) is 4.79 Å². The van der Waals surface area contributed by atoms with Crippen molar-refractivity contribution >= 4 is 23.4 Å². The van der Waals surface area contributed by atoms with E-state index in [1.807, 2.05) is 30.3 Å². The van der Waals surface area contributed by atoms with Crippen LogP contribution in [0.4, 0.5) is 10.5 Å².